The molecule has 2 aromatic rings. The largest absolute Gasteiger partial charge is 0.311 e. The highest BCUT2D eigenvalue weighted by Crippen LogP contribution is 2.22. The molecule has 2 rings (SSSR count). The highest BCUT2D eigenvalue weighted by Gasteiger charge is 2.19. The number of aromatic nitrogens is 2. The molecule has 0 aliphatic heterocycles. The standard InChI is InChI=1S/C16H21F2N3/c1-5-12-10(2)20-21(11(12)3)9-15(19-4)13-7-6-8-14(17)16(13)18/h6-8,15,19H,5,9H2,1-4H3. The number of nitrogens with zero attached hydrogens (tertiary/aromatic N) is 2. The lowest BCUT2D eigenvalue weighted by atomic mass is 10.1. The Bertz CT molecular complexity index is 635. The Hall–Kier alpha value is -1.75. The molecule has 0 bridgehead atoms. The highest BCUT2D eigenvalue weighted by molar-refractivity contribution is 5.26. The van der Waals surface area contributed by atoms with Crippen LogP contribution in [0.3, 0.4) is 0 Å². The van der Waals surface area contributed by atoms with Crippen LogP contribution in [0.15, 0.2) is 18.2 Å². The van der Waals surface area contributed by atoms with Crippen molar-refractivity contribution in [3.8, 4) is 0 Å². The molecule has 0 spiro atoms. The van der Waals surface area contributed by atoms with Gasteiger partial charge in [-0.1, -0.05) is 19.1 Å². The zero-order chi connectivity index (χ0) is 15.6. The monoisotopic (exact) mass is 293 g/mol. The molecule has 0 aliphatic carbocycles. The Kier molecular flexibility index (Phi) is 4.73. The molecule has 0 fully saturated rings. The van der Waals surface area contributed by atoms with E-state index in [4.69, 9.17) is 0 Å². The van der Waals surface area contributed by atoms with Gasteiger partial charge in [0.1, 0.15) is 0 Å². The molecule has 1 N–H and O–H groups in total. The maximum atomic E-state index is 13.9. The van der Waals surface area contributed by atoms with Gasteiger partial charge in [-0.3, -0.25) is 4.68 Å². The van der Waals surface area contributed by atoms with Crippen LogP contribution in [0.1, 0.15) is 35.5 Å². The maximum absolute atomic E-state index is 13.9. The van der Waals surface area contributed by atoms with Gasteiger partial charge >= 0.3 is 0 Å². The molecule has 1 heterocycles. The van der Waals surface area contributed by atoms with E-state index in [1.165, 1.54) is 11.6 Å². The summed E-state index contributed by atoms with van der Waals surface area (Å²) in [5.74, 6) is -1.62. The fraction of sp³-hybridized carbons (Fsp3) is 0.438. The first kappa shape index (κ1) is 15.6. The van der Waals surface area contributed by atoms with Crippen LogP contribution in [-0.4, -0.2) is 16.8 Å². The summed E-state index contributed by atoms with van der Waals surface area (Å²) in [6.07, 6.45) is 0.913. The molecule has 1 aromatic heterocycles. The minimum atomic E-state index is -0.824. The first-order valence-electron chi connectivity index (χ1n) is 7.13. The van der Waals surface area contributed by atoms with Gasteiger partial charge in [0.05, 0.1) is 18.3 Å². The van der Waals surface area contributed by atoms with E-state index in [1.807, 2.05) is 18.5 Å². The number of likely N-dealkylation sites (N-methyl/N-ethyl adjacent to an activating group) is 1. The van der Waals surface area contributed by atoms with Crippen molar-refractivity contribution in [1.82, 2.24) is 15.1 Å². The predicted molar refractivity (Wildman–Crippen MR) is 79.2 cm³/mol. The molecular formula is C16H21F2N3. The summed E-state index contributed by atoms with van der Waals surface area (Å²) in [6.45, 7) is 6.53. The van der Waals surface area contributed by atoms with Crippen molar-refractivity contribution in [2.75, 3.05) is 7.05 Å². The molecule has 0 saturated carbocycles. The highest BCUT2D eigenvalue weighted by atomic mass is 19.2. The predicted octanol–water partition coefficient (Wildman–Crippen LogP) is 3.30. The van der Waals surface area contributed by atoms with Crippen molar-refractivity contribution in [3.63, 3.8) is 0 Å². The molecule has 5 heteroatoms. The Morgan fingerprint density at radius 1 is 1.29 bits per heavy atom. The molecule has 21 heavy (non-hydrogen) atoms. The third kappa shape index (κ3) is 2.97. The lowest BCUT2D eigenvalue weighted by Gasteiger charge is -2.18. The Balaban J connectivity index is 2.34. The van der Waals surface area contributed by atoms with Crippen LogP contribution in [0, 0.1) is 25.5 Å². The third-order valence-electron chi connectivity index (χ3n) is 3.95. The van der Waals surface area contributed by atoms with Crippen LogP contribution in [0.5, 0.6) is 0 Å². The second-order valence-electron chi connectivity index (χ2n) is 5.17. The van der Waals surface area contributed by atoms with E-state index < -0.39 is 11.6 Å². The van der Waals surface area contributed by atoms with Gasteiger partial charge in [-0.2, -0.15) is 5.10 Å². The summed E-state index contributed by atoms with van der Waals surface area (Å²) in [5.41, 5.74) is 3.60. The molecule has 114 valence electrons. The number of benzene rings is 1. The molecule has 0 radical (unpaired) electrons. The summed E-state index contributed by atoms with van der Waals surface area (Å²) >= 11 is 0. The first-order chi connectivity index (χ1) is 9.99. The van der Waals surface area contributed by atoms with Crippen molar-refractivity contribution >= 4 is 0 Å². The Morgan fingerprint density at radius 3 is 2.57 bits per heavy atom. The molecule has 0 amide bonds. The van der Waals surface area contributed by atoms with Gasteiger partial charge in [0, 0.05) is 11.3 Å². The fourth-order valence-corrected chi connectivity index (χ4v) is 2.73. The van der Waals surface area contributed by atoms with E-state index in [2.05, 4.69) is 17.3 Å². The summed E-state index contributed by atoms with van der Waals surface area (Å²) in [7, 11) is 1.74. The van der Waals surface area contributed by atoms with E-state index >= 15 is 0 Å². The number of hydrogen-bond acceptors (Lipinski definition) is 2. The number of hydrogen-bond donors (Lipinski definition) is 1. The van der Waals surface area contributed by atoms with Crippen molar-refractivity contribution in [3.05, 3.63) is 52.3 Å². The Morgan fingerprint density at radius 2 is 2.00 bits per heavy atom. The molecule has 1 unspecified atom stereocenters. The van der Waals surface area contributed by atoms with Crippen LogP contribution in [0.2, 0.25) is 0 Å². The maximum Gasteiger partial charge on any atom is 0.163 e. The van der Waals surface area contributed by atoms with E-state index in [0.29, 0.717) is 12.1 Å². The van der Waals surface area contributed by atoms with Crippen molar-refractivity contribution in [1.29, 1.82) is 0 Å². The summed E-state index contributed by atoms with van der Waals surface area (Å²) < 4.78 is 29.2. The summed E-state index contributed by atoms with van der Waals surface area (Å²) in [4.78, 5) is 0. The SMILES string of the molecule is CCc1c(C)nn(CC(NC)c2cccc(F)c2F)c1C. The number of halogens is 2. The summed E-state index contributed by atoms with van der Waals surface area (Å²) in [5, 5.41) is 7.55. The average molecular weight is 293 g/mol. The fourth-order valence-electron chi connectivity index (χ4n) is 2.73. The van der Waals surface area contributed by atoms with Crippen LogP contribution in [0.25, 0.3) is 0 Å². The second kappa shape index (κ2) is 6.35. The van der Waals surface area contributed by atoms with E-state index in [1.54, 1.807) is 13.1 Å². The molecule has 3 nitrogen and oxygen atoms in total. The van der Waals surface area contributed by atoms with Gasteiger partial charge in [0.15, 0.2) is 11.6 Å². The van der Waals surface area contributed by atoms with Gasteiger partial charge in [0.25, 0.3) is 0 Å². The van der Waals surface area contributed by atoms with Crippen molar-refractivity contribution in [2.24, 2.45) is 0 Å². The van der Waals surface area contributed by atoms with Crippen molar-refractivity contribution < 1.29 is 8.78 Å². The van der Waals surface area contributed by atoms with E-state index in [-0.39, 0.29) is 6.04 Å². The lowest BCUT2D eigenvalue weighted by Crippen LogP contribution is -2.24. The summed E-state index contributed by atoms with van der Waals surface area (Å²) in [6, 6.07) is 3.93. The van der Waals surface area contributed by atoms with Crippen LogP contribution < -0.4 is 5.32 Å². The second-order valence-corrected chi connectivity index (χ2v) is 5.17. The van der Waals surface area contributed by atoms with E-state index in [9.17, 15) is 8.78 Å². The van der Waals surface area contributed by atoms with Gasteiger partial charge < -0.3 is 5.32 Å². The van der Waals surface area contributed by atoms with Gasteiger partial charge in [0.2, 0.25) is 0 Å². The number of rotatable bonds is 5. The molecule has 1 aromatic carbocycles. The zero-order valence-electron chi connectivity index (χ0n) is 12.9. The van der Waals surface area contributed by atoms with Gasteiger partial charge in [-0.15, -0.1) is 0 Å². The normalized spacial score (nSPS) is 12.7. The zero-order valence-corrected chi connectivity index (χ0v) is 12.9. The minimum absolute atomic E-state index is 0.322. The van der Waals surface area contributed by atoms with Crippen molar-refractivity contribution in [2.45, 2.75) is 39.8 Å². The quantitative estimate of drug-likeness (QED) is 0.916. The average Bonchev–Trinajstić information content (AvgIpc) is 2.73. The number of nitrogens with one attached hydrogen (secondary N) is 1. The van der Waals surface area contributed by atoms with Gasteiger partial charge in [-0.25, -0.2) is 8.78 Å². The van der Waals surface area contributed by atoms with Crippen LogP contribution in [-0.2, 0) is 13.0 Å². The van der Waals surface area contributed by atoms with E-state index in [0.717, 1.165) is 23.9 Å². The van der Waals surface area contributed by atoms with Crippen LogP contribution >= 0.6 is 0 Å². The van der Waals surface area contributed by atoms with Gasteiger partial charge in [-0.05, 0) is 38.9 Å². The molecule has 0 aliphatic rings. The minimum Gasteiger partial charge on any atom is -0.311 e. The molecule has 0 saturated heterocycles. The lowest BCUT2D eigenvalue weighted by molar-refractivity contribution is 0.426. The first-order valence-corrected chi connectivity index (χ1v) is 7.13. The molecule has 1 atom stereocenters. The topological polar surface area (TPSA) is 29.9 Å². The smallest absolute Gasteiger partial charge is 0.163 e. The number of aryl methyl sites for hydroxylation is 1. The van der Waals surface area contributed by atoms with Crippen LogP contribution in [0.4, 0.5) is 8.78 Å². The molecular weight excluding hydrogens is 272 g/mol. The third-order valence-corrected chi connectivity index (χ3v) is 3.95. The Labute approximate surface area is 124 Å².